The molecule has 0 spiro atoms. The number of nitrogens with one attached hydrogen (secondary N) is 1. The fourth-order valence-electron chi connectivity index (χ4n) is 1.24. The molecule has 3 N–H and O–H groups in total. The van der Waals surface area contributed by atoms with Crippen LogP contribution in [0.15, 0.2) is 6.33 Å². The van der Waals surface area contributed by atoms with E-state index >= 15 is 0 Å². The zero-order valence-corrected chi connectivity index (χ0v) is 11.2. The first kappa shape index (κ1) is 13.5. The van der Waals surface area contributed by atoms with E-state index in [4.69, 9.17) is 5.84 Å². The van der Waals surface area contributed by atoms with Crippen LogP contribution >= 0.6 is 11.8 Å². The minimum atomic E-state index is 0.229. The van der Waals surface area contributed by atoms with E-state index < -0.39 is 0 Å². The monoisotopic (exact) mass is 243 g/mol. The maximum absolute atomic E-state index is 5.55. The molecule has 0 bridgehead atoms. The van der Waals surface area contributed by atoms with Crippen LogP contribution in [0, 0.1) is 0 Å². The van der Waals surface area contributed by atoms with Gasteiger partial charge in [-0.1, -0.05) is 20.8 Å². The third-order valence-corrected chi connectivity index (χ3v) is 3.62. The zero-order valence-electron chi connectivity index (χ0n) is 10.4. The summed E-state index contributed by atoms with van der Waals surface area (Å²) in [5.41, 5.74) is 2.84. The average Bonchev–Trinajstić information content (AvgIpc) is 2.57. The summed E-state index contributed by atoms with van der Waals surface area (Å²) in [7, 11) is 1.90. The number of nitrogens with zero attached hydrogens (tertiary/aromatic N) is 3. The number of aromatic nitrogens is 3. The summed E-state index contributed by atoms with van der Waals surface area (Å²) in [4.78, 5) is 4.19. The van der Waals surface area contributed by atoms with Gasteiger partial charge in [0.15, 0.2) is 0 Å². The summed E-state index contributed by atoms with van der Waals surface area (Å²) in [6.45, 7) is 6.61. The highest BCUT2D eigenvalue weighted by Gasteiger charge is 2.16. The molecular weight excluding hydrogens is 222 g/mol. The van der Waals surface area contributed by atoms with E-state index in [1.54, 1.807) is 11.0 Å². The summed E-state index contributed by atoms with van der Waals surface area (Å²) in [6, 6.07) is 0.229. The first-order chi connectivity index (χ1) is 7.42. The van der Waals surface area contributed by atoms with Gasteiger partial charge in [0.2, 0.25) is 0 Å². The van der Waals surface area contributed by atoms with Crippen LogP contribution in [0.5, 0.6) is 0 Å². The summed E-state index contributed by atoms with van der Waals surface area (Å²) < 4.78 is 2.04. The van der Waals surface area contributed by atoms with Crippen LogP contribution < -0.4 is 11.3 Å². The Balaban J connectivity index is 2.47. The number of hydrazine groups is 1. The van der Waals surface area contributed by atoms with Gasteiger partial charge >= 0.3 is 0 Å². The second-order valence-electron chi connectivity index (χ2n) is 4.79. The van der Waals surface area contributed by atoms with E-state index in [0.717, 1.165) is 18.0 Å². The van der Waals surface area contributed by atoms with Crippen LogP contribution in [0.1, 0.15) is 26.6 Å². The highest BCUT2D eigenvalue weighted by atomic mass is 32.2. The fourth-order valence-corrected chi connectivity index (χ4v) is 2.16. The highest BCUT2D eigenvalue weighted by molar-refractivity contribution is 8.00. The van der Waals surface area contributed by atoms with Crippen LogP contribution in [-0.4, -0.2) is 31.3 Å². The molecule has 0 aliphatic heterocycles. The molecule has 0 saturated carbocycles. The van der Waals surface area contributed by atoms with E-state index in [-0.39, 0.29) is 10.8 Å². The normalized spacial score (nSPS) is 14.1. The topological polar surface area (TPSA) is 68.8 Å². The van der Waals surface area contributed by atoms with E-state index in [1.807, 2.05) is 18.8 Å². The molecule has 0 fully saturated rings. The first-order valence-electron chi connectivity index (χ1n) is 5.35. The molecule has 0 aliphatic rings. The summed E-state index contributed by atoms with van der Waals surface area (Å²) >= 11 is 1.89. The minimum absolute atomic E-state index is 0.229. The van der Waals surface area contributed by atoms with Crippen molar-refractivity contribution in [3.8, 4) is 0 Å². The van der Waals surface area contributed by atoms with Gasteiger partial charge in [0.05, 0.1) is 0 Å². The molecule has 0 aliphatic carbocycles. The molecule has 92 valence electrons. The number of hydrogen-bond donors (Lipinski definition) is 2. The molecule has 1 heterocycles. The molecule has 0 radical (unpaired) electrons. The van der Waals surface area contributed by atoms with Crippen molar-refractivity contribution >= 4 is 11.8 Å². The fraction of sp³-hybridized carbons (Fsp3) is 0.800. The lowest BCUT2D eigenvalue weighted by atomic mass is 10.2. The van der Waals surface area contributed by atoms with Gasteiger partial charge in [-0.05, 0) is 0 Å². The zero-order chi connectivity index (χ0) is 12.2. The molecular formula is C10H21N5S. The second-order valence-corrected chi connectivity index (χ2v) is 6.64. The Morgan fingerprint density at radius 2 is 2.25 bits per heavy atom. The molecule has 0 aromatic carbocycles. The molecule has 1 aromatic heterocycles. The molecule has 5 nitrogen and oxygen atoms in total. The van der Waals surface area contributed by atoms with Crippen molar-refractivity contribution in [3.05, 3.63) is 12.2 Å². The Labute approximate surface area is 101 Å². The van der Waals surface area contributed by atoms with E-state index in [9.17, 15) is 0 Å². The Kier molecular flexibility index (Phi) is 4.76. The van der Waals surface area contributed by atoms with Crippen molar-refractivity contribution in [1.82, 2.24) is 20.2 Å². The van der Waals surface area contributed by atoms with Gasteiger partial charge in [0.1, 0.15) is 12.2 Å². The molecule has 1 aromatic rings. The molecule has 1 atom stereocenters. The van der Waals surface area contributed by atoms with Gasteiger partial charge in [-0.3, -0.25) is 16.0 Å². The van der Waals surface area contributed by atoms with E-state index in [1.165, 1.54) is 0 Å². The van der Waals surface area contributed by atoms with Crippen molar-refractivity contribution in [3.63, 3.8) is 0 Å². The van der Waals surface area contributed by atoms with Crippen molar-refractivity contribution in [1.29, 1.82) is 0 Å². The Hall–Kier alpha value is -0.590. The Morgan fingerprint density at radius 1 is 1.56 bits per heavy atom. The largest absolute Gasteiger partial charge is 0.271 e. The number of aryl methyl sites for hydroxylation is 1. The first-order valence-corrected chi connectivity index (χ1v) is 6.34. The average molecular weight is 243 g/mol. The van der Waals surface area contributed by atoms with Gasteiger partial charge in [-0.25, -0.2) is 4.98 Å². The quantitative estimate of drug-likeness (QED) is 0.589. The van der Waals surface area contributed by atoms with Crippen molar-refractivity contribution in [2.24, 2.45) is 12.9 Å². The lowest BCUT2D eigenvalue weighted by Crippen LogP contribution is -2.40. The van der Waals surface area contributed by atoms with E-state index in [0.29, 0.717) is 0 Å². The molecule has 0 amide bonds. The SMILES string of the molecule is Cn1ncnc1CC(CSC(C)(C)C)NN. The lowest BCUT2D eigenvalue weighted by Gasteiger charge is -2.22. The molecule has 1 unspecified atom stereocenters. The molecule has 16 heavy (non-hydrogen) atoms. The maximum atomic E-state index is 5.55. The van der Waals surface area contributed by atoms with Crippen LogP contribution in [0.25, 0.3) is 0 Å². The van der Waals surface area contributed by atoms with Gasteiger partial charge in [-0.2, -0.15) is 16.9 Å². The van der Waals surface area contributed by atoms with Crippen LogP contribution in [-0.2, 0) is 13.5 Å². The summed E-state index contributed by atoms with van der Waals surface area (Å²) in [5, 5.41) is 4.04. The summed E-state index contributed by atoms with van der Waals surface area (Å²) in [5.74, 6) is 7.47. The third kappa shape index (κ3) is 4.51. The standard InChI is InChI=1S/C10H21N5S/c1-10(2,3)16-6-8(14-11)5-9-12-7-13-15(9)4/h7-8,14H,5-6,11H2,1-4H3. The van der Waals surface area contributed by atoms with Crippen molar-refractivity contribution in [2.45, 2.75) is 38.0 Å². The van der Waals surface area contributed by atoms with Gasteiger partial charge in [0.25, 0.3) is 0 Å². The van der Waals surface area contributed by atoms with Crippen LogP contribution in [0.4, 0.5) is 0 Å². The third-order valence-electron chi connectivity index (χ3n) is 2.19. The van der Waals surface area contributed by atoms with Crippen molar-refractivity contribution < 1.29 is 0 Å². The van der Waals surface area contributed by atoms with Gasteiger partial charge < -0.3 is 0 Å². The lowest BCUT2D eigenvalue weighted by molar-refractivity contribution is 0.542. The number of nitrogens with two attached hydrogens (primary N) is 1. The second kappa shape index (κ2) is 5.65. The number of thioether (sulfide) groups is 1. The summed E-state index contributed by atoms with van der Waals surface area (Å²) in [6.07, 6.45) is 2.37. The Morgan fingerprint density at radius 3 is 2.69 bits per heavy atom. The Bertz CT molecular complexity index is 317. The molecule has 6 heteroatoms. The minimum Gasteiger partial charge on any atom is -0.271 e. The predicted molar refractivity (Wildman–Crippen MR) is 68.0 cm³/mol. The van der Waals surface area contributed by atoms with Gasteiger partial charge in [-0.15, -0.1) is 0 Å². The number of hydrogen-bond acceptors (Lipinski definition) is 5. The smallest absolute Gasteiger partial charge is 0.138 e. The van der Waals surface area contributed by atoms with Crippen LogP contribution in [0.3, 0.4) is 0 Å². The maximum Gasteiger partial charge on any atom is 0.138 e. The van der Waals surface area contributed by atoms with Crippen LogP contribution in [0.2, 0.25) is 0 Å². The number of rotatable bonds is 5. The predicted octanol–water partition coefficient (Wildman–Crippen LogP) is 0.721. The van der Waals surface area contributed by atoms with Gasteiger partial charge in [0, 0.05) is 30.0 Å². The molecule has 1 rings (SSSR count). The molecule has 0 saturated heterocycles. The van der Waals surface area contributed by atoms with E-state index in [2.05, 4.69) is 36.3 Å². The van der Waals surface area contributed by atoms with Crippen molar-refractivity contribution in [2.75, 3.05) is 5.75 Å². The highest BCUT2D eigenvalue weighted by Crippen LogP contribution is 2.24.